The lowest BCUT2D eigenvalue weighted by molar-refractivity contribution is 0.236. The molecule has 0 bridgehead atoms. The topological polar surface area (TPSA) is 52.3 Å². The van der Waals surface area contributed by atoms with Crippen molar-refractivity contribution in [2.45, 2.75) is 31.2 Å². The van der Waals surface area contributed by atoms with Crippen LogP contribution in [0.15, 0.2) is 0 Å². The molecule has 1 heterocycles. The molecule has 0 aromatic rings. The Kier molecular flexibility index (Phi) is 2.57. The maximum atomic E-state index is 11.2. The van der Waals surface area contributed by atoms with E-state index in [1.165, 1.54) is 12.8 Å². The summed E-state index contributed by atoms with van der Waals surface area (Å²) < 4.78 is 13.2. The summed E-state index contributed by atoms with van der Waals surface area (Å²) in [6.07, 6.45) is 6.43. The summed E-state index contributed by atoms with van der Waals surface area (Å²) in [6, 6.07) is 0. The second kappa shape index (κ2) is 3.42. The number of nitrogens with two attached hydrogens (primary N) is 1. The van der Waals surface area contributed by atoms with Gasteiger partial charge in [-0.25, -0.2) is 0 Å². The lowest BCUT2D eigenvalue weighted by atomic mass is 9.89. The van der Waals surface area contributed by atoms with Gasteiger partial charge in [-0.05, 0) is 31.6 Å². The van der Waals surface area contributed by atoms with E-state index in [2.05, 4.69) is 0 Å². The van der Waals surface area contributed by atoms with Crippen LogP contribution in [0.4, 0.5) is 0 Å². The fraction of sp³-hybridized carbons (Fsp3) is 1.00. The van der Waals surface area contributed by atoms with Gasteiger partial charge in [0.25, 0.3) is 0 Å². The first kappa shape index (κ1) is 9.77. The molecular weight excluding hydrogens is 184 g/mol. The van der Waals surface area contributed by atoms with Crippen molar-refractivity contribution in [1.82, 2.24) is 4.31 Å². The molecule has 1 aliphatic heterocycles. The van der Waals surface area contributed by atoms with Crippen molar-refractivity contribution in [3.8, 4) is 0 Å². The molecule has 1 unspecified atom stereocenters. The SMILES string of the molecule is C[S+]([O-])N1CCC(C2(N)CC2)CC1. The molecule has 1 atom stereocenters. The Balaban J connectivity index is 1.82. The minimum Gasteiger partial charge on any atom is -0.598 e. The maximum Gasteiger partial charge on any atom is 0.115 e. The van der Waals surface area contributed by atoms with Gasteiger partial charge in [0, 0.05) is 30.0 Å². The van der Waals surface area contributed by atoms with Gasteiger partial charge in [-0.2, -0.15) is 0 Å². The molecular formula is C9H18N2OS. The molecule has 1 saturated carbocycles. The molecule has 2 aliphatic rings. The highest BCUT2D eigenvalue weighted by Gasteiger charge is 2.46. The number of hydrogen-bond acceptors (Lipinski definition) is 3. The molecule has 0 aromatic heterocycles. The molecule has 0 amide bonds. The Morgan fingerprint density at radius 2 is 1.92 bits per heavy atom. The van der Waals surface area contributed by atoms with E-state index in [1.54, 1.807) is 6.26 Å². The number of nitrogens with zero attached hydrogens (tertiary/aromatic N) is 1. The number of hydrogen-bond donors (Lipinski definition) is 1. The fourth-order valence-corrected chi connectivity index (χ4v) is 2.97. The van der Waals surface area contributed by atoms with Gasteiger partial charge in [0.1, 0.15) is 6.26 Å². The molecule has 0 aromatic carbocycles. The predicted molar refractivity (Wildman–Crippen MR) is 54.5 cm³/mol. The number of rotatable bonds is 2. The average Bonchev–Trinajstić information content (AvgIpc) is 2.85. The van der Waals surface area contributed by atoms with Crippen molar-refractivity contribution in [1.29, 1.82) is 0 Å². The van der Waals surface area contributed by atoms with Gasteiger partial charge >= 0.3 is 0 Å². The molecule has 1 aliphatic carbocycles. The van der Waals surface area contributed by atoms with E-state index in [9.17, 15) is 4.55 Å². The fourth-order valence-electron chi connectivity index (χ4n) is 2.24. The molecule has 1 saturated heterocycles. The Morgan fingerprint density at radius 1 is 1.38 bits per heavy atom. The second-order valence-corrected chi connectivity index (χ2v) is 5.72. The summed E-state index contributed by atoms with van der Waals surface area (Å²) >= 11 is -0.781. The monoisotopic (exact) mass is 202 g/mol. The van der Waals surface area contributed by atoms with Gasteiger partial charge in [-0.3, -0.25) is 0 Å². The van der Waals surface area contributed by atoms with Crippen LogP contribution in [0.25, 0.3) is 0 Å². The molecule has 13 heavy (non-hydrogen) atoms. The van der Waals surface area contributed by atoms with E-state index in [0.717, 1.165) is 25.9 Å². The zero-order valence-corrected chi connectivity index (χ0v) is 8.98. The molecule has 2 fully saturated rings. The van der Waals surface area contributed by atoms with Crippen LogP contribution in [0.3, 0.4) is 0 Å². The van der Waals surface area contributed by atoms with E-state index in [1.807, 2.05) is 4.31 Å². The molecule has 2 N–H and O–H groups in total. The van der Waals surface area contributed by atoms with Gasteiger partial charge in [-0.1, -0.05) is 0 Å². The molecule has 0 spiro atoms. The van der Waals surface area contributed by atoms with Gasteiger partial charge in [-0.15, -0.1) is 4.31 Å². The lowest BCUT2D eigenvalue weighted by Crippen LogP contribution is -2.44. The van der Waals surface area contributed by atoms with Crippen LogP contribution in [0.1, 0.15) is 25.7 Å². The Labute approximate surface area is 83.0 Å². The van der Waals surface area contributed by atoms with Crippen LogP contribution in [0, 0.1) is 5.92 Å². The summed E-state index contributed by atoms with van der Waals surface area (Å²) in [6.45, 7) is 1.93. The lowest BCUT2D eigenvalue weighted by Gasteiger charge is -2.33. The van der Waals surface area contributed by atoms with Crippen LogP contribution in [-0.4, -0.2) is 33.7 Å². The third-order valence-corrected chi connectivity index (χ3v) is 4.55. The highest BCUT2D eigenvalue weighted by atomic mass is 32.2. The largest absolute Gasteiger partial charge is 0.598 e. The van der Waals surface area contributed by atoms with Crippen molar-refractivity contribution in [2.24, 2.45) is 11.7 Å². The molecule has 76 valence electrons. The predicted octanol–water partition coefficient (Wildman–Crippen LogP) is 0.483. The van der Waals surface area contributed by atoms with E-state index in [4.69, 9.17) is 5.73 Å². The van der Waals surface area contributed by atoms with Crippen LogP contribution >= 0.6 is 0 Å². The summed E-state index contributed by atoms with van der Waals surface area (Å²) in [4.78, 5) is 0. The number of piperidine rings is 1. The average molecular weight is 202 g/mol. The van der Waals surface area contributed by atoms with Crippen molar-refractivity contribution < 1.29 is 4.55 Å². The second-order valence-electron chi connectivity index (χ2n) is 4.36. The van der Waals surface area contributed by atoms with E-state index >= 15 is 0 Å². The van der Waals surface area contributed by atoms with E-state index in [-0.39, 0.29) is 5.54 Å². The summed E-state index contributed by atoms with van der Waals surface area (Å²) in [5.74, 6) is 0.687. The Hall–Kier alpha value is 0.230. The van der Waals surface area contributed by atoms with E-state index < -0.39 is 11.4 Å². The van der Waals surface area contributed by atoms with Crippen molar-refractivity contribution in [3.05, 3.63) is 0 Å². The highest BCUT2D eigenvalue weighted by molar-refractivity contribution is 7.88. The highest BCUT2D eigenvalue weighted by Crippen LogP contribution is 2.44. The maximum absolute atomic E-state index is 11.2. The van der Waals surface area contributed by atoms with Gasteiger partial charge < -0.3 is 10.3 Å². The van der Waals surface area contributed by atoms with Crippen molar-refractivity contribution in [2.75, 3.05) is 19.3 Å². The molecule has 0 radical (unpaired) electrons. The zero-order valence-electron chi connectivity index (χ0n) is 8.16. The molecule has 4 heteroatoms. The minimum atomic E-state index is -0.781. The Morgan fingerprint density at radius 3 is 2.31 bits per heavy atom. The van der Waals surface area contributed by atoms with Crippen molar-refractivity contribution >= 4 is 11.4 Å². The summed E-state index contributed by atoms with van der Waals surface area (Å²) in [5.41, 5.74) is 6.32. The van der Waals surface area contributed by atoms with Crippen LogP contribution in [-0.2, 0) is 11.4 Å². The minimum absolute atomic E-state index is 0.168. The van der Waals surface area contributed by atoms with Gasteiger partial charge in [0.15, 0.2) is 0 Å². The van der Waals surface area contributed by atoms with Crippen LogP contribution in [0.5, 0.6) is 0 Å². The van der Waals surface area contributed by atoms with Gasteiger partial charge in [0.2, 0.25) is 0 Å². The zero-order chi connectivity index (χ0) is 9.47. The third-order valence-electron chi connectivity index (χ3n) is 3.46. The Bertz CT molecular complexity index is 186. The smallest absolute Gasteiger partial charge is 0.115 e. The normalized spacial score (nSPS) is 31.6. The van der Waals surface area contributed by atoms with Crippen LogP contribution < -0.4 is 5.73 Å². The van der Waals surface area contributed by atoms with Gasteiger partial charge in [0.05, 0.1) is 0 Å². The van der Waals surface area contributed by atoms with Crippen LogP contribution in [0.2, 0.25) is 0 Å². The first-order valence-corrected chi connectivity index (χ1v) is 6.51. The molecule has 3 nitrogen and oxygen atoms in total. The summed E-state index contributed by atoms with van der Waals surface area (Å²) in [5, 5.41) is 0. The summed E-state index contributed by atoms with van der Waals surface area (Å²) in [7, 11) is 0. The van der Waals surface area contributed by atoms with E-state index in [0.29, 0.717) is 5.92 Å². The standard InChI is InChI=1S/C9H18N2OS/c1-13(12)11-6-2-8(3-7-11)9(10)4-5-9/h8H,2-7,10H2,1H3. The van der Waals surface area contributed by atoms with Crippen molar-refractivity contribution in [3.63, 3.8) is 0 Å². The third kappa shape index (κ3) is 2.01. The first-order valence-electron chi connectivity index (χ1n) is 4.99. The first-order chi connectivity index (χ1) is 6.12. The quantitative estimate of drug-likeness (QED) is 0.663. The molecule has 2 rings (SSSR count).